The first-order valence-electron chi connectivity index (χ1n) is 8.02. The first-order chi connectivity index (χ1) is 12.3. The summed E-state index contributed by atoms with van der Waals surface area (Å²) in [6, 6.07) is 23.1. The SMILES string of the molecule is Oc1c(OCc2ccccc2)ccc(OCc2ccccc2)c1CCl. The number of rotatable bonds is 7. The standard InChI is InChI=1S/C21H19ClO3/c22-13-18-19(24-14-16-7-3-1-4-8-16)11-12-20(21(18)23)25-15-17-9-5-2-6-10-17/h1-12,23H,13-15H2. The van der Waals surface area contributed by atoms with E-state index in [4.69, 9.17) is 21.1 Å². The molecule has 128 valence electrons. The molecule has 0 bridgehead atoms. The zero-order valence-electron chi connectivity index (χ0n) is 13.7. The number of hydrogen-bond donors (Lipinski definition) is 1. The number of phenolic OH excluding ortho intramolecular Hbond substituents is 1. The Morgan fingerprint density at radius 2 is 1.16 bits per heavy atom. The Bertz CT molecular complexity index is 804. The van der Waals surface area contributed by atoms with E-state index >= 15 is 0 Å². The molecule has 0 aliphatic carbocycles. The van der Waals surface area contributed by atoms with Crippen LogP contribution >= 0.6 is 11.6 Å². The zero-order valence-corrected chi connectivity index (χ0v) is 14.4. The topological polar surface area (TPSA) is 38.7 Å². The molecule has 0 atom stereocenters. The van der Waals surface area contributed by atoms with Gasteiger partial charge in [0.15, 0.2) is 11.5 Å². The summed E-state index contributed by atoms with van der Waals surface area (Å²) in [7, 11) is 0. The molecule has 3 rings (SSSR count). The second-order valence-electron chi connectivity index (χ2n) is 5.57. The Hall–Kier alpha value is -2.65. The minimum absolute atomic E-state index is 0.0245. The lowest BCUT2D eigenvalue weighted by atomic mass is 10.1. The van der Waals surface area contributed by atoms with Crippen molar-refractivity contribution in [2.45, 2.75) is 19.1 Å². The van der Waals surface area contributed by atoms with E-state index in [0.29, 0.717) is 30.3 Å². The van der Waals surface area contributed by atoms with E-state index in [1.165, 1.54) is 0 Å². The molecule has 0 saturated carbocycles. The smallest absolute Gasteiger partial charge is 0.165 e. The molecule has 0 radical (unpaired) electrons. The lowest BCUT2D eigenvalue weighted by Crippen LogP contribution is -2.00. The van der Waals surface area contributed by atoms with Crippen LogP contribution in [-0.4, -0.2) is 5.11 Å². The molecule has 3 nitrogen and oxygen atoms in total. The van der Waals surface area contributed by atoms with Crippen LogP contribution < -0.4 is 9.47 Å². The van der Waals surface area contributed by atoms with Crippen LogP contribution in [0.25, 0.3) is 0 Å². The Morgan fingerprint density at radius 3 is 1.68 bits per heavy atom. The van der Waals surface area contributed by atoms with Gasteiger partial charge in [-0.15, -0.1) is 11.6 Å². The lowest BCUT2D eigenvalue weighted by molar-refractivity contribution is 0.279. The van der Waals surface area contributed by atoms with Gasteiger partial charge < -0.3 is 14.6 Å². The Labute approximate surface area is 152 Å². The summed E-state index contributed by atoms with van der Waals surface area (Å²) in [6.45, 7) is 0.786. The van der Waals surface area contributed by atoms with E-state index in [1.54, 1.807) is 12.1 Å². The Morgan fingerprint density at radius 1 is 0.680 bits per heavy atom. The maximum absolute atomic E-state index is 10.5. The molecule has 0 aliphatic heterocycles. The summed E-state index contributed by atoms with van der Waals surface area (Å²) in [4.78, 5) is 0. The molecule has 0 unspecified atom stereocenters. The first-order valence-corrected chi connectivity index (χ1v) is 8.55. The van der Waals surface area contributed by atoms with Crippen molar-refractivity contribution >= 4 is 11.6 Å². The van der Waals surface area contributed by atoms with E-state index in [0.717, 1.165) is 11.1 Å². The van der Waals surface area contributed by atoms with Gasteiger partial charge in [-0.3, -0.25) is 0 Å². The van der Waals surface area contributed by atoms with Crippen molar-refractivity contribution in [1.29, 1.82) is 0 Å². The second-order valence-corrected chi connectivity index (χ2v) is 5.84. The van der Waals surface area contributed by atoms with Gasteiger partial charge in [-0.25, -0.2) is 0 Å². The number of aromatic hydroxyl groups is 1. The highest BCUT2D eigenvalue weighted by Crippen LogP contribution is 2.38. The van der Waals surface area contributed by atoms with Gasteiger partial charge in [0.25, 0.3) is 0 Å². The summed E-state index contributed by atoms with van der Waals surface area (Å²) in [5.41, 5.74) is 2.61. The molecule has 0 spiro atoms. The third-order valence-corrected chi connectivity index (χ3v) is 4.08. The molecule has 4 heteroatoms. The number of phenols is 1. The third-order valence-electron chi connectivity index (χ3n) is 3.81. The van der Waals surface area contributed by atoms with Gasteiger partial charge in [-0.1, -0.05) is 60.7 Å². The Balaban J connectivity index is 1.72. The highest BCUT2D eigenvalue weighted by molar-refractivity contribution is 6.17. The molecule has 1 N–H and O–H groups in total. The maximum atomic E-state index is 10.5. The minimum atomic E-state index is 0.0245. The number of halogens is 1. The fraction of sp³-hybridized carbons (Fsp3) is 0.143. The predicted molar refractivity (Wildman–Crippen MR) is 99.2 cm³/mol. The lowest BCUT2D eigenvalue weighted by Gasteiger charge is -2.15. The van der Waals surface area contributed by atoms with Crippen LogP contribution in [0.3, 0.4) is 0 Å². The van der Waals surface area contributed by atoms with Crippen molar-refractivity contribution in [2.75, 3.05) is 0 Å². The third kappa shape index (κ3) is 4.46. The molecule has 0 fully saturated rings. The van der Waals surface area contributed by atoms with E-state index in [-0.39, 0.29) is 11.6 Å². The van der Waals surface area contributed by atoms with Gasteiger partial charge in [0.1, 0.15) is 19.0 Å². The first kappa shape index (κ1) is 17.2. The summed E-state index contributed by atoms with van der Waals surface area (Å²) in [6.07, 6.45) is 0. The van der Waals surface area contributed by atoms with Crippen molar-refractivity contribution in [3.8, 4) is 17.2 Å². The van der Waals surface area contributed by atoms with Crippen LogP contribution in [-0.2, 0) is 19.1 Å². The molecule has 0 saturated heterocycles. The number of alkyl halides is 1. The number of benzene rings is 3. The van der Waals surface area contributed by atoms with Crippen LogP contribution in [0.4, 0.5) is 0 Å². The highest BCUT2D eigenvalue weighted by atomic mass is 35.5. The number of hydrogen-bond acceptors (Lipinski definition) is 3. The minimum Gasteiger partial charge on any atom is -0.504 e. The van der Waals surface area contributed by atoms with E-state index in [9.17, 15) is 5.11 Å². The summed E-state index contributed by atoms with van der Waals surface area (Å²) >= 11 is 6.01. The van der Waals surface area contributed by atoms with Gasteiger partial charge in [0.2, 0.25) is 0 Å². The highest BCUT2D eigenvalue weighted by Gasteiger charge is 2.14. The van der Waals surface area contributed by atoms with Crippen molar-refractivity contribution in [2.24, 2.45) is 0 Å². The van der Waals surface area contributed by atoms with Crippen molar-refractivity contribution in [3.05, 3.63) is 89.5 Å². The van der Waals surface area contributed by atoms with E-state index in [1.807, 2.05) is 60.7 Å². The molecular weight excluding hydrogens is 336 g/mol. The second kappa shape index (κ2) is 8.45. The summed E-state index contributed by atoms with van der Waals surface area (Å²) in [5, 5.41) is 10.5. The summed E-state index contributed by atoms with van der Waals surface area (Å²) < 4.78 is 11.5. The molecular formula is C21H19ClO3. The fourth-order valence-corrected chi connectivity index (χ4v) is 2.71. The van der Waals surface area contributed by atoms with Gasteiger partial charge >= 0.3 is 0 Å². The van der Waals surface area contributed by atoms with E-state index in [2.05, 4.69) is 0 Å². The molecule has 0 amide bonds. The van der Waals surface area contributed by atoms with Gasteiger partial charge in [0, 0.05) is 0 Å². The number of ether oxygens (including phenoxy) is 2. The van der Waals surface area contributed by atoms with Gasteiger partial charge in [-0.2, -0.15) is 0 Å². The van der Waals surface area contributed by atoms with Gasteiger partial charge in [-0.05, 0) is 23.3 Å². The molecule has 0 aromatic heterocycles. The molecule has 0 aliphatic rings. The molecule has 25 heavy (non-hydrogen) atoms. The predicted octanol–water partition coefficient (Wildman–Crippen LogP) is 5.29. The summed E-state index contributed by atoms with van der Waals surface area (Å²) in [5.74, 6) is 1.12. The van der Waals surface area contributed by atoms with Crippen LogP contribution in [0.15, 0.2) is 72.8 Å². The van der Waals surface area contributed by atoms with Gasteiger partial charge in [0.05, 0.1) is 11.4 Å². The monoisotopic (exact) mass is 354 g/mol. The van der Waals surface area contributed by atoms with Crippen LogP contribution in [0.2, 0.25) is 0 Å². The van der Waals surface area contributed by atoms with Crippen LogP contribution in [0.5, 0.6) is 17.2 Å². The van der Waals surface area contributed by atoms with Crippen LogP contribution in [0, 0.1) is 0 Å². The van der Waals surface area contributed by atoms with Crippen molar-refractivity contribution in [1.82, 2.24) is 0 Å². The average Bonchev–Trinajstić information content (AvgIpc) is 2.67. The fourth-order valence-electron chi connectivity index (χ4n) is 2.45. The normalized spacial score (nSPS) is 10.4. The molecule has 3 aromatic rings. The quantitative estimate of drug-likeness (QED) is 0.586. The average molecular weight is 355 g/mol. The zero-order chi connectivity index (χ0) is 17.5. The van der Waals surface area contributed by atoms with E-state index < -0.39 is 0 Å². The van der Waals surface area contributed by atoms with Crippen molar-refractivity contribution < 1.29 is 14.6 Å². The van der Waals surface area contributed by atoms with Crippen LogP contribution in [0.1, 0.15) is 16.7 Å². The molecule has 0 heterocycles. The van der Waals surface area contributed by atoms with Crippen molar-refractivity contribution in [3.63, 3.8) is 0 Å². The molecule has 3 aromatic carbocycles. The maximum Gasteiger partial charge on any atom is 0.165 e. The largest absolute Gasteiger partial charge is 0.504 e. The Kier molecular flexibility index (Phi) is 5.81.